The zero-order valence-electron chi connectivity index (χ0n) is 14.8. The minimum absolute atomic E-state index is 0. The topological polar surface area (TPSA) is 53.6 Å². The van der Waals surface area contributed by atoms with E-state index in [0.29, 0.717) is 5.96 Å². The second-order valence-corrected chi connectivity index (χ2v) is 7.11. The van der Waals surface area contributed by atoms with E-state index in [9.17, 15) is 0 Å². The molecular formula is C19H31IN4. The van der Waals surface area contributed by atoms with Gasteiger partial charge in [-0.25, -0.2) is 0 Å². The summed E-state index contributed by atoms with van der Waals surface area (Å²) in [4.78, 5) is 7.02. The molecule has 0 radical (unpaired) electrons. The van der Waals surface area contributed by atoms with Crippen molar-refractivity contribution >= 4 is 35.6 Å². The van der Waals surface area contributed by atoms with Crippen molar-refractivity contribution in [1.82, 2.24) is 4.90 Å². The normalized spacial score (nSPS) is 19.0. The highest BCUT2D eigenvalue weighted by Crippen LogP contribution is 2.24. The maximum absolute atomic E-state index is 6.01. The number of rotatable bonds is 5. The first kappa shape index (κ1) is 19.5. The van der Waals surface area contributed by atoms with Crippen LogP contribution in [-0.2, 0) is 12.8 Å². The van der Waals surface area contributed by atoms with Crippen molar-refractivity contribution in [3.8, 4) is 0 Å². The van der Waals surface area contributed by atoms with E-state index in [2.05, 4.69) is 40.3 Å². The number of piperidine rings is 1. The van der Waals surface area contributed by atoms with Gasteiger partial charge in [-0.05, 0) is 87.3 Å². The summed E-state index contributed by atoms with van der Waals surface area (Å²) < 4.78 is 0. The van der Waals surface area contributed by atoms with Crippen LogP contribution in [0.3, 0.4) is 0 Å². The first-order valence-corrected chi connectivity index (χ1v) is 9.12. The number of anilines is 1. The molecule has 1 aliphatic heterocycles. The Hall–Kier alpha value is -0.820. The molecule has 0 atom stereocenters. The van der Waals surface area contributed by atoms with Crippen molar-refractivity contribution in [1.29, 1.82) is 0 Å². The zero-order chi connectivity index (χ0) is 16.1. The number of fused-ring (bicyclic) bond motifs is 1. The fraction of sp³-hybridized carbons (Fsp3) is 0.632. The third kappa shape index (κ3) is 5.62. The summed E-state index contributed by atoms with van der Waals surface area (Å²) >= 11 is 0. The van der Waals surface area contributed by atoms with Gasteiger partial charge in [0.05, 0.1) is 0 Å². The third-order valence-electron chi connectivity index (χ3n) is 5.16. The Balaban J connectivity index is 0.00000208. The molecule has 3 N–H and O–H groups in total. The molecule has 1 saturated heterocycles. The number of nitrogens with zero attached hydrogens (tertiary/aromatic N) is 2. The smallest absolute Gasteiger partial charge is 0.193 e. The van der Waals surface area contributed by atoms with E-state index >= 15 is 0 Å². The van der Waals surface area contributed by atoms with Crippen molar-refractivity contribution in [2.75, 3.05) is 31.5 Å². The highest BCUT2D eigenvalue weighted by Gasteiger charge is 2.14. The lowest BCUT2D eigenvalue weighted by Gasteiger charge is -2.29. The lowest BCUT2D eigenvalue weighted by molar-refractivity contribution is 0.192. The van der Waals surface area contributed by atoms with E-state index in [1.165, 1.54) is 56.3 Å². The van der Waals surface area contributed by atoms with Crippen LogP contribution < -0.4 is 11.1 Å². The number of aliphatic imine (C=N–C) groups is 1. The molecule has 0 spiro atoms. The molecule has 2 aliphatic rings. The summed E-state index contributed by atoms with van der Waals surface area (Å²) in [6, 6.07) is 6.55. The number of likely N-dealkylation sites (tertiary alicyclic amines) is 1. The van der Waals surface area contributed by atoms with Gasteiger partial charge in [0.1, 0.15) is 0 Å². The Morgan fingerprint density at radius 3 is 2.79 bits per heavy atom. The molecule has 0 saturated carbocycles. The number of benzene rings is 1. The minimum Gasteiger partial charge on any atom is -0.370 e. The summed E-state index contributed by atoms with van der Waals surface area (Å²) in [6.07, 6.45) is 7.44. The lowest BCUT2D eigenvalue weighted by atomic mass is 9.99. The monoisotopic (exact) mass is 442 g/mol. The van der Waals surface area contributed by atoms with Gasteiger partial charge in [0.2, 0.25) is 0 Å². The van der Waals surface area contributed by atoms with Gasteiger partial charge in [-0.2, -0.15) is 0 Å². The van der Waals surface area contributed by atoms with Gasteiger partial charge in [-0.15, -0.1) is 24.0 Å². The number of hydrogen-bond donors (Lipinski definition) is 2. The highest BCUT2D eigenvalue weighted by atomic mass is 127. The quantitative estimate of drug-likeness (QED) is 0.317. The first-order valence-electron chi connectivity index (χ1n) is 9.12. The van der Waals surface area contributed by atoms with Gasteiger partial charge in [-0.3, -0.25) is 4.99 Å². The van der Waals surface area contributed by atoms with Crippen LogP contribution in [0.4, 0.5) is 5.69 Å². The molecule has 24 heavy (non-hydrogen) atoms. The maximum atomic E-state index is 6.01. The summed E-state index contributed by atoms with van der Waals surface area (Å²) in [5.74, 6) is 1.44. The van der Waals surface area contributed by atoms with Crippen molar-refractivity contribution < 1.29 is 0 Å². The van der Waals surface area contributed by atoms with Crippen LogP contribution in [0.2, 0.25) is 0 Å². The van der Waals surface area contributed by atoms with Gasteiger partial charge >= 0.3 is 0 Å². The van der Waals surface area contributed by atoms with Crippen LogP contribution >= 0.6 is 24.0 Å². The van der Waals surface area contributed by atoms with Crippen molar-refractivity contribution in [2.24, 2.45) is 16.6 Å². The number of hydrogen-bond acceptors (Lipinski definition) is 2. The molecule has 1 aliphatic carbocycles. The molecule has 0 unspecified atom stereocenters. The summed E-state index contributed by atoms with van der Waals surface area (Å²) in [7, 11) is 0. The van der Waals surface area contributed by atoms with Gasteiger partial charge in [0.15, 0.2) is 5.96 Å². The van der Waals surface area contributed by atoms with E-state index in [-0.39, 0.29) is 24.0 Å². The molecule has 1 aromatic carbocycles. The first-order chi connectivity index (χ1) is 11.2. The average Bonchev–Trinajstić information content (AvgIpc) is 3.01. The van der Waals surface area contributed by atoms with Crippen molar-refractivity contribution in [3.63, 3.8) is 0 Å². The summed E-state index contributed by atoms with van der Waals surface area (Å²) in [5, 5.41) is 3.23. The van der Waals surface area contributed by atoms with Crippen LogP contribution in [0.1, 0.15) is 43.7 Å². The molecule has 4 nitrogen and oxygen atoms in total. The van der Waals surface area contributed by atoms with E-state index < -0.39 is 0 Å². The van der Waals surface area contributed by atoms with Crippen molar-refractivity contribution in [2.45, 2.75) is 45.4 Å². The molecular weight excluding hydrogens is 411 g/mol. The number of nitrogens with one attached hydrogen (secondary N) is 1. The number of nitrogens with two attached hydrogens (primary N) is 1. The Labute approximate surface area is 163 Å². The van der Waals surface area contributed by atoms with Crippen LogP contribution in [0, 0.1) is 5.92 Å². The zero-order valence-corrected chi connectivity index (χ0v) is 17.1. The third-order valence-corrected chi connectivity index (χ3v) is 5.16. The Morgan fingerprint density at radius 1 is 1.25 bits per heavy atom. The fourth-order valence-corrected chi connectivity index (χ4v) is 3.62. The van der Waals surface area contributed by atoms with Crippen LogP contribution in [0.25, 0.3) is 0 Å². The summed E-state index contributed by atoms with van der Waals surface area (Å²) in [6.45, 7) is 6.78. The number of aryl methyl sites for hydroxylation is 2. The largest absolute Gasteiger partial charge is 0.370 e. The predicted octanol–water partition coefficient (Wildman–Crippen LogP) is 3.64. The second kappa shape index (κ2) is 9.61. The van der Waals surface area contributed by atoms with Gasteiger partial charge in [-0.1, -0.05) is 13.0 Å². The highest BCUT2D eigenvalue weighted by molar-refractivity contribution is 14.0. The molecule has 1 aromatic rings. The molecule has 0 aromatic heterocycles. The van der Waals surface area contributed by atoms with Crippen LogP contribution in [0.15, 0.2) is 23.2 Å². The number of halogens is 1. The van der Waals surface area contributed by atoms with Crippen molar-refractivity contribution in [3.05, 3.63) is 29.3 Å². The van der Waals surface area contributed by atoms with E-state index in [4.69, 9.17) is 5.73 Å². The number of guanidine groups is 1. The van der Waals surface area contributed by atoms with Crippen LogP contribution in [-0.4, -0.2) is 37.0 Å². The Kier molecular flexibility index (Phi) is 7.81. The van der Waals surface area contributed by atoms with E-state index in [1.807, 2.05) is 0 Å². The molecule has 134 valence electrons. The van der Waals surface area contributed by atoms with Crippen LogP contribution in [0.5, 0.6) is 0 Å². The maximum Gasteiger partial charge on any atom is 0.193 e. The standard InChI is InChI=1S/C19H30N4.HI/c1-15-8-12-23(13-9-15)11-3-10-21-19(20)22-18-7-6-16-4-2-5-17(16)14-18;/h6-7,14-15H,2-5,8-13H2,1H3,(H3,20,21,22);1H. The van der Waals surface area contributed by atoms with E-state index in [1.54, 1.807) is 0 Å². The molecule has 1 fully saturated rings. The SMILES string of the molecule is CC1CCN(CCCN=C(N)Nc2ccc3c(c2)CCC3)CC1.I. The summed E-state index contributed by atoms with van der Waals surface area (Å²) in [5.41, 5.74) is 10.0. The minimum atomic E-state index is 0. The molecule has 1 heterocycles. The Bertz CT molecular complexity index is 550. The van der Waals surface area contributed by atoms with Gasteiger partial charge in [0, 0.05) is 12.2 Å². The molecule has 0 bridgehead atoms. The lowest BCUT2D eigenvalue weighted by Crippen LogP contribution is -2.34. The van der Waals surface area contributed by atoms with Gasteiger partial charge in [0.25, 0.3) is 0 Å². The molecule has 3 rings (SSSR count). The Morgan fingerprint density at radius 2 is 2.00 bits per heavy atom. The second-order valence-electron chi connectivity index (χ2n) is 7.11. The molecule has 5 heteroatoms. The average molecular weight is 442 g/mol. The van der Waals surface area contributed by atoms with E-state index in [0.717, 1.165) is 31.1 Å². The fourth-order valence-electron chi connectivity index (χ4n) is 3.62. The molecule has 0 amide bonds. The van der Waals surface area contributed by atoms with Gasteiger partial charge < -0.3 is 16.0 Å². The predicted molar refractivity (Wildman–Crippen MR) is 113 cm³/mol.